The van der Waals surface area contributed by atoms with E-state index in [1.807, 2.05) is 0 Å². The van der Waals surface area contributed by atoms with Gasteiger partial charge in [-0.15, -0.1) is 0 Å². The molecule has 2 aromatic rings. The van der Waals surface area contributed by atoms with Crippen LogP contribution in [0.2, 0.25) is 0 Å². The first-order valence-electron chi connectivity index (χ1n) is 5.88. The Balaban J connectivity index is 2.46. The standard InChI is InChI=1S/C15H13BrF2O2/c1-19-12-7-6-9(8-13(12)20-2)15(16)14-10(17)4-3-5-11(14)18/h3-8,15H,1-2H3. The van der Waals surface area contributed by atoms with Gasteiger partial charge in [0.05, 0.1) is 19.0 Å². The Morgan fingerprint density at radius 2 is 1.55 bits per heavy atom. The lowest BCUT2D eigenvalue weighted by atomic mass is 10.0. The summed E-state index contributed by atoms with van der Waals surface area (Å²) in [6.07, 6.45) is 0. The highest BCUT2D eigenvalue weighted by Crippen LogP contribution is 2.38. The van der Waals surface area contributed by atoms with Crippen LogP contribution in [0, 0.1) is 11.6 Å². The number of methoxy groups -OCH3 is 2. The fourth-order valence-corrected chi connectivity index (χ4v) is 2.65. The minimum atomic E-state index is -0.608. The molecule has 2 aromatic carbocycles. The summed E-state index contributed by atoms with van der Waals surface area (Å²) in [6, 6.07) is 8.90. The summed E-state index contributed by atoms with van der Waals surface area (Å²) < 4.78 is 37.9. The van der Waals surface area contributed by atoms with Gasteiger partial charge in [0.15, 0.2) is 11.5 Å². The van der Waals surface area contributed by atoms with Crippen molar-refractivity contribution in [3.8, 4) is 11.5 Å². The van der Waals surface area contributed by atoms with Gasteiger partial charge in [-0.25, -0.2) is 8.78 Å². The Hall–Kier alpha value is -1.62. The lowest BCUT2D eigenvalue weighted by Crippen LogP contribution is -2.01. The van der Waals surface area contributed by atoms with Gasteiger partial charge in [-0.05, 0) is 29.8 Å². The maximum atomic E-state index is 13.8. The molecule has 0 saturated heterocycles. The van der Waals surface area contributed by atoms with Crippen LogP contribution in [-0.2, 0) is 0 Å². The molecule has 0 N–H and O–H groups in total. The third kappa shape index (κ3) is 2.77. The van der Waals surface area contributed by atoms with Gasteiger partial charge in [0.25, 0.3) is 0 Å². The first-order chi connectivity index (χ1) is 9.58. The quantitative estimate of drug-likeness (QED) is 0.763. The monoisotopic (exact) mass is 342 g/mol. The Bertz CT molecular complexity index is 597. The van der Waals surface area contributed by atoms with Crippen LogP contribution in [0.3, 0.4) is 0 Å². The lowest BCUT2D eigenvalue weighted by Gasteiger charge is -2.15. The number of hydrogen-bond acceptors (Lipinski definition) is 2. The Morgan fingerprint density at radius 1 is 0.950 bits per heavy atom. The molecular formula is C15H13BrF2O2. The summed E-state index contributed by atoms with van der Waals surface area (Å²) >= 11 is 3.33. The number of ether oxygens (including phenoxy) is 2. The minimum Gasteiger partial charge on any atom is -0.493 e. The molecular weight excluding hydrogens is 330 g/mol. The van der Waals surface area contributed by atoms with E-state index < -0.39 is 16.5 Å². The predicted octanol–water partition coefficient (Wildman–Crippen LogP) is 4.47. The zero-order chi connectivity index (χ0) is 14.7. The molecule has 1 atom stereocenters. The molecule has 0 aromatic heterocycles. The van der Waals surface area contributed by atoms with E-state index >= 15 is 0 Å². The third-order valence-corrected chi connectivity index (χ3v) is 3.94. The zero-order valence-electron chi connectivity index (χ0n) is 11.0. The SMILES string of the molecule is COc1ccc(C(Br)c2c(F)cccc2F)cc1OC. The van der Waals surface area contributed by atoms with E-state index in [4.69, 9.17) is 9.47 Å². The molecule has 5 heteroatoms. The van der Waals surface area contributed by atoms with Crippen molar-refractivity contribution >= 4 is 15.9 Å². The molecule has 0 aliphatic heterocycles. The summed E-state index contributed by atoms with van der Waals surface area (Å²) in [6.45, 7) is 0. The average molecular weight is 343 g/mol. The van der Waals surface area contributed by atoms with Gasteiger partial charge < -0.3 is 9.47 Å². The first kappa shape index (κ1) is 14.8. The second kappa shape index (κ2) is 6.22. The molecule has 0 radical (unpaired) electrons. The van der Waals surface area contributed by atoms with Gasteiger partial charge in [-0.3, -0.25) is 0 Å². The van der Waals surface area contributed by atoms with Gasteiger partial charge in [0, 0.05) is 5.56 Å². The summed E-state index contributed by atoms with van der Waals surface area (Å²) in [5.74, 6) is -0.125. The van der Waals surface area contributed by atoms with Crippen LogP contribution < -0.4 is 9.47 Å². The summed E-state index contributed by atoms with van der Waals surface area (Å²) in [5.41, 5.74) is 0.645. The number of alkyl halides is 1. The van der Waals surface area contributed by atoms with Crippen LogP contribution in [0.1, 0.15) is 16.0 Å². The van der Waals surface area contributed by atoms with E-state index in [1.54, 1.807) is 18.2 Å². The van der Waals surface area contributed by atoms with E-state index in [0.717, 1.165) is 0 Å². The number of halogens is 3. The molecule has 0 aliphatic carbocycles. The van der Waals surface area contributed by atoms with Crippen LogP contribution in [0.5, 0.6) is 11.5 Å². The van der Waals surface area contributed by atoms with Crippen molar-refractivity contribution in [2.45, 2.75) is 4.83 Å². The van der Waals surface area contributed by atoms with Crippen molar-refractivity contribution in [1.29, 1.82) is 0 Å². The van der Waals surface area contributed by atoms with E-state index in [9.17, 15) is 8.78 Å². The van der Waals surface area contributed by atoms with Crippen LogP contribution in [0.25, 0.3) is 0 Å². The molecule has 2 nitrogen and oxygen atoms in total. The molecule has 0 bridgehead atoms. The van der Waals surface area contributed by atoms with E-state index in [2.05, 4.69) is 15.9 Å². The number of benzene rings is 2. The molecule has 106 valence electrons. The van der Waals surface area contributed by atoms with Crippen LogP contribution in [0.4, 0.5) is 8.78 Å². The number of rotatable bonds is 4. The molecule has 0 aliphatic rings. The maximum Gasteiger partial charge on any atom is 0.161 e. The van der Waals surface area contributed by atoms with Gasteiger partial charge in [0.2, 0.25) is 0 Å². The molecule has 0 heterocycles. The molecule has 0 saturated carbocycles. The zero-order valence-corrected chi connectivity index (χ0v) is 12.6. The second-order valence-electron chi connectivity index (χ2n) is 4.11. The van der Waals surface area contributed by atoms with Gasteiger partial charge in [-0.2, -0.15) is 0 Å². The minimum absolute atomic E-state index is 0.0280. The largest absolute Gasteiger partial charge is 0.493 e. The summed E-state index contributed by atoms with van der Waals surface area (Å²) in [7, 11) is 3.04. The normalized spacial score (nSPS) is 12.1. The number of hydrogen-bond donors (Lipinski definition) is 0. The van der Waals surface area contributed by atoms with E-state index in [1.165, 1.54) is 32.4 Å². The first-order valence-corrected chi connectivity index (χ1v) is 6.80. The third-order valence-electron chi connectivity index (χ3n) is 2.95. The fourth-order valence-electron chi connectivity index (χ4n) is 1.93. The van der Waals surface area contributed by atoms with E-state index in [0.29, 0.717) is 17.1 Å². The van der Waals surface area contributed by atoms with Crippen molar-refractivity contribution in [1.82, 2.24) is 0 Å². The highest BCUT2D eigenvalue weighted by molar-refractivity contribution is 9.09. The topological polar surface area (TPSA) is 18.5 Å². The second-order valence-corrected chi connectivity index (χ2v) is 5.03. The Kier molecular flexibility index (Phi) is 4.60. The average Bonchev–Trinajstić information content (AvgIpc) is 2.46. The van der Waals surface area contributed by atoms with Crippen LogP contribution >= 0.6 is 15.9 Å². The molecule has 0 spiro atoms. The van der Waals surface area contributed by atoms with Crippen molar-refractivity contribution in [2.75, 3.05) is 14.2 Å². The Labute approximate surface area is 124 Å². The Morgan fingerprint density at radius 3 is 2.10 bits per heavy atom. The van der Waals surface area contributed by atoms with Crippen LogP contribution in [0.15, 0.2) is 36.4 Å². The molecule has 1 unspecified atom stereocenters. The predicted molar refractivity (Wildman–Crippen MR) is 76.7 cm³/mol. The molecule has 0 fully saturated rings. The van der Waals surface area contributed by atoms with Gasteiger partial charge in [0.1, 0.15) is 11.6 Å². The molecule has 20 heavy (non-hydrogen) atoms. The smallest absolute Gasteiger partial charge is 0.161 e. The maximum absolute atomic E-state index is 13.8. The van der Waals surface area contributed by atoms with Gasteiger partial charge in [-0.1, -0.05) is 28.1 Å². The van der Waals surface area contributed by atoms with Crippen molar-refractivity contribution in [3.63, 3.8) is 0 Å². The highest BCUT2D eigenvalue weighted by Gasteiger charge is 2.20. The van der Waals surface area contributed by atoms with Crippen molar-refractivity contribution < 1.29 is 18.3 Å². The summed E-state index contributed by atoms with van der Waals surface area (Å²) in [4.78, 5) is -0.608. The van der Waals surface area contributed by atoms with Crippen LogP contribution in [-0.4, -0.2) is 14.2 Å². The highest BCUT2D eigenvalue weighted by atomic mass is 79.9. The molecule has 2 rings (SSSR count). The van der Waals surface area contributed by atoms with Gasteiger partial charge >= 0.3 is 0 Å². The summed E-state index contributed by atoms with van der Waals surface area (Å²) in [5, 5.41) is 0. The van der Waals surface area contributed by atoms with E-state index in [-0.39, 0.29) is 5.56 Å². The molecule has 0 amide bonds. The van der Waals surface area contributed by atoms with Crippen molar-refractivity contribution in [2.24, 2.45) is 0 Å². The fraction of sp³-hybridized carbons (Fsp3) is 0.200. The lowest BCUT2D eigenvalue weighted by molar-refractivity contribution is 0.354. The van der Waals surface area contributed by atoms with Crippen molar-refractivity contribution in [3.05, 3.63) is 59.2 Å².